The molecule has 0 heterocycles. The molecule has 0 saturated carbocycles. The molecule has 0 amide bonds. The zero-order valence-electron chi connectivity index (χ0n) is 9.70. The molecule has 4 N–H and O–H groups in total. The molecular weight excluding hydrogens is 206 g/mol. The summed E-state index contributed by atoms with van der Waals surface area (Å²) in [5.74, 6) is 0.324. The average Bonchev–Trinajstić information content (AvgIpc) is 2.27. The van der Waals surface area contributed by atoms with Crippen molar-refractivity contribution >= 4 is 0 Å². The maximum absolute atomic E-state index is 9.60. The first-order chi connectivity index (χ1) is 7.58. The maximum atomic E-state index is 9.60. The summed E-state index contributed by atoms with van der Waals surface area (Å²) in [5, 5.41) is 30.4. The van der Waals surface area contributed by atoms with E-state index >= 15 is 0 Å². The lowest BCUT2D eigenvalue weighted by molar-refractivity contribution is 0.170. The summed E-state index contributed by atoms with van der Waals surface area (Å²) in [5.41, 5.74) is 2.70. The highest BCUT2D eigenvalue weighted by molar-refractivity contribution is 5.42. The second-order valence-electron chi connectivity index (χ2n) is 4.02. The van der Waals surface area contributed by atoms with E-state index in [1.165, 1.54) is 0 Å². The summed E-state index contributed by atoms with van der Waals surface area (Å²) in [7, 11) is 0. The molecule has 0 aliphatic heterocycles. The number of phenols is 1. The number of rotatable bonds is 5. The lowest BCUT2D eigenvalue weighted by Crippen LogP contribution is -2.35. The zero-order chi connectivity index (χ0) is 12.1. The van der Waals surface area contributed by atoms with E-state index < -0.39 is 0 Å². The number of aliphatic hydroxyl groups is 2. The molecule has 4 heteroatoms. The van der Waals surface area contributed by atoms with Crippen LogP contribution in [-0.2, 0) is 6.54 Å². The molecule has 1 rings (SSSR count). The van der Waals surface area contributed by atoms with Gasteiger partial charge in [-0.25, -0.2) is 0 Å². The highest BCUT2D eigenvalue weighted by atomic mass is 16.3. The van der Waals surface area contributed by atoms with Crippen molar-refractivity contribution in [2.75, 3.05) is 13.2 Å². The molecule has 0 aromatic heterocycles. The number of phenolic OH excluding ortho intramolecular Hbond substituents is 1. The molecule has 0 spiro atoms. The van der Waals surface area contributed by atoms with Gasteiger partial charge in [0.2, 0.25) is 0 Å². The zero-order valence-corrected chi connectivity index (χ0v) is 9.70. The first kappa shape index (κ1) is 13.0. The Bertz CT molecular complexity index is 325. The number of aromatic hydroxyl groups is 1. The number of benzene rings is 1. The van der Waals surface area contributed by atoms with Crippen molar-refractivity contribution in [2.45, 2.75) is 26.4 Å². The Hall–Kier alpha value is -1.10. The van der Waals surface area contributed by atoms with Crippen LogP contribution in [0.3, 0.4) is 0 Å². The van der Waals surface area contributed by atoms with Crippen LogP contribution in [0.1, 0.15) is 16.7 Å². The van der Waals surface area contributed by atoms with E-state index in [1.54, 1.807) is 0 Å². The summed E-state index contributed by atoms with van der Waals surface area (Å²) >= 11 is 0. The fraction of sp³-hybridized carbons (Fsp3) is 0.500. The molecule has 4 nitrogen and oxygen atoms in total. The molecule has 0 aliphatic carbocycles. The van der Waals surface area contributed by atoms with E-state index in [-0.39, 0.29) is 19.3 Å². The molecule has 0 fully saturated rings. The Balaban J connectivity index is 2.68. The predicted molar refractivity (Wildman–Crippen MR) is 62.4 cm³/mol. The molecule has 0 aliphatic rings. The van der Waals surface area contributed by atoms with Gasteiger partial charge in [0.15, 0.2) is 0 Å². The fourth-order valence-corrected chi connectivity index (χ4v) is 1.60. The van der Waals surface area contributed by atoms with Crippen LogP contribution in [0.5, 0.6) is 5.75 Å². The first-order valence-corrected chi connectivity index (χ1v) is 5.32. The minimum absolute atomic E-state index is 0.0907. The fourth-order valence-electron chi connectivity index (χ4n) is 1.60. The van der Waals surface area contributed by atoms with E-state index in [1.807, 2.05) is 26.0 Å². The van der Waals surface area contributed by atoms with Crippen LogP contribution < -0.4 is 5.32 Å². The minimum atomic E-state index is -0.297. The van der Waals surface area contributed by atoms with Crippen molar-refractivity contribution in [1.82, 2.24) is 5.32 Å². The Morgan fingerprint density at radius 2 is 1.62 bits per heavy atom. The van der Waals surface area contributed by atoms with Gasteiger partial charge in [0, 0.05) is 6.54 Å². The van der Waals surface area contributed by atoms with Crippen LogP contribution in [0.15, 0.2) is 12.1 Å². The second kappa shape index (κ2) is 5.84. The van der Waals surface area contributed by atoms with Gasteiger partial charge in [-0.3, -0.25) is 0 Å². The van der Waals surface area contributed by atoms with E-state index in [4.69, 9.17) is 10.2 Å². The Kier molecular flexibility index (Phi) is 4.73. The SMILES string of the molecule is Cc1cc(CNC(CO)CO)cc(C)c1O. The smallest absolute Gasteiger partial charge is 0.121 e. The van der Waals surface area contributed by atoms with Crippen molar-refractivity contribution < 1.29 is 15.3 Å². The highest BCUT2D eigenvalue weighted by Crippen LogP contribution is 2.22. The average molecular weight is 225 g/mol. The van der Waals surface area contributed by atoms with E-state index in [2.05, 4.69) is 5.32 Å². The van der Waals surface area contributed by atoms with Crippen LogP contribution >= 0.6 is 0 Å². The largest absolute Gasteiger partial charge is 0.507 e. The molecule has 0 radical (unpaired) electrons. The number of hydrogen-bond acceptors (Lipinski definition) is 4. The van der Waals surface area contributed by atoms with Crippen molar-refractivity contribution in [3.05, 3.63) is 28.8 Å². The van der Waals surface area contributed by atoms with Gasteiger partial charge in [0.05, 0.1) is 19.3 Å². The lowest BCUT2D eigenvalue weighted by Gasteiger charge is -2.14. The Morgan fingerprint density at radius 3 is 2.06 bits per heavy atom. The van der Waals surface area contributed by atoms with Gasteiger partial charge < -0.3 is 20.6 Å². The maximum Gasteiger partial charge on any atom is 0.121 e. The van der Waals surface area contributed by atoms with E-state index in [9.17, 15) is 5.11 Å². The molecule has 0 unspecified atom stereocenters. The number of hydrogen-bond donors (Lipinski definition) is 4. The number of nitrogens with one attached hydrogen (secondary N) is 1. The highest BCUT2D eigenvalue weighted by Gasteiger charge is 2.07. The van der Waals surface area contributed by atoms with Crippen molar-refractivity contribution in [2.24, 2.45) is 0 Å². The quantitative estimate of drug-likeness (QED) is 0.587. The summed E-state index contributed by atoms with van der Waals surface area (Å²) in [6.07, 6.45) is 0. The van der Waals surface area contributed by atoms with Crippen LogP contribution in [0.25, 0.3) is 0 Å². The number of aliphatic hydroxyl groups excluding tert-OH is 2. The van der Waals surface area contributed by atoms with Gasteiger partial charge in [-0.15, -0.1) is 0 Å². The van der Waals surface area contributed by atoms with Gasteiger partial charge in [-0.05, 0) is 30.5 Å². The Morgan fingerprint density at radius 1 is 1.12 bits per heavy atom. The molecular formula is C12H19NO3. The van der Waals surface area contributed by atoms with Crippen LogP contribution in [0.2, 0.25) is 0 Å². The van der Waals surface area contributed by atoms with Gasteiger partial charge in [0.1, 0.15) is 5.75 Å². The first-order valence-electron chi connectivity index (χ1n) is 5.32. The van der Waals surface area contributed by atoms with Crippen molar-refractivity contribution in [3.8, 4) is 5.75 Å². The molecule has 0 bridgehead atoms. The van der Waals surface area contributed by atoms with E-state index in [0.29, 0.717) is 12.3 Å². The normalized spacial score (nSPS) is 11.1. The summed E-state index contributed by atoms with van der Waals surface area (Å²) in [6.45, 7) is 4.08. The third kappa shape index (κ3) is 3.20. The summed E-state index contributed by atoms with van der Waals surface area (Å²) in [6, 6.07) is 3.48. The molecule has 1 aromatic carbocycles. The number of aryl methyl sites for hydroxylation is 2. The summed E-state index contributed by atoms with van der Waals surface area (Å²) in [4.78, 5) is 0. The van der Waals surface area contributed by atoms with Crippen LogP contribution in [0.4, 0.5) is 0 Å². The topological polar surface area (TPSA) is 72.7 Å². The van der Waals surface area contributed by atoms with Gasteiger partial charge >= 0.3 is 0 Å². The lowest BCUT2D eigenvalue weighted by atomic mass is 10.1. The molecule has 0 atom stereocenters. The van der Waals surface area contributed by atoms with Crippen LogP contribution in [-0.4, -0.2) is 34.6 Å². The molecule has 16 heavy (non-hydrogen) atoms. The second-order valence-corrected chi connectivity index (χ2v) is 4.02. The van der Waals surface area contributed by atoms with Crippen LogP contribution in [0, 0.1) is 13.8 Å². The van der Waals surface area contributed by atoms with Crippen molar-refractivity contribution in [3.63, 3.8) is 0 Å². The molecule has 0 saturated heterocycles. The standard InChI is InChI=1S/C12H19NO3/c1-8-3-10(4-9(2)12(8)16)5-13-11(6-14)7-15/h3-4,11,13-16H,5-7H2,1-2H3. The third-order valence-corrected chi connectivity index (χ3v) is 2.59. The van der Waals surface area contributed by atoms with E-state index in [0.717, 1.165) is 16.7 Å². The monoisotopic (exact) mass is 225 g/mol. The third-order valence-electron chi connectivity index (χ3n) is 2.59. The van der Waals surface area contributed by atoms with Gasteiger partial charge in [-0.2, -0.15) is 0 Å². The molecule has 1 aromatic rings. The predicted octanol–water partition coefficient (Wildman–Crippen LogP) is 0.452. The van der Waals surface area contributed by atoms with Gasteiger partial charge in [-0.1, -0.05) is 12.1 Å². The molecule has 90 valence electrons. The Labute approximate surface area is 95.6 Å². The summed E-state index contributed by atoms with van der Waals surface area (Å²) < 4.78 is 0. The minimum Gasteiger partial charge on any atom is -0.507 e. The van der Waals surface area contributed by atoms with Gasteiger partial charge in [0.25, 0.3) is 0 Å². The van der Waals surface area contributed by atoms with Crippen molar-refractivity contribution in [1.29, 1.82) is 0 Å².